The van der Waals surface area contributed by atoms with Crippen molar-refractivity contribution in [3.05, 3.63) is 66.1 Å². The lowest BCUT2D eigenvalue weighted by Crippen LogP contribution is -2.27. The minimum atomic E-state index is -3.63. The van der Waals surface area contributed by atoms with Crippen LogP contribution in [0.3, 0.4) is 0 Å². The van der Waals surface area contributed by atoms with E-state index in [-0.39, 0.29) is 11.4 Å². The van der Waals surface area contributed by atoms with Crippen LogP contribution in [0, 0.1) is 12.7 Å². The molecular formula is C17H17FN2O2S. The number of para-hydroxylation sites is 1. The van der Waals surface area contributed by atoms with Crippen LogP contribution in [-0.4, -0.2) is 19.5 Å². The first-order chi connectivity index (χ1) is 11.0. The van der Waals surface area contributed by atoms with E-state index in [2.05, 4.69) is 15.4 Å². The fraction of sp³-hybridized carbons (Fsp3) is 0.176. The Morgan fingerprint density at radius 3 is 2.52 bits per heavy atom. The summed E-state index contributed by atoms with van der Waals surface area (Å²) in [5.41, 5.74) is 2.15. The van der Waals surface area contributed by atoms with Crippen LogP contribution in [0.5, 0.6) is 0 Å². The van der Waals surface area contributed by atoms with Gasteiger partial charge < -0.3 is 4.57 Å². The summed E-state index contributed by atoms with van der Waals surface area (Å²) < 4.78 is 41.9. The molecular weight excluding hydrogens is 315 g/mol. The normalized spacial score (nSPS) is 11.9. The van der Waals surface area contributed by atoms with Crippen LogP contribution in [0.4, 0.5) is 4.39 Å². The van der Waals surface area contributed by atoms with E-state index in [1.54, 1.807) is 0 Å². The summed E-state index contributed by atoms with van der Waals surface area (Å²) in [5.74, 6) is -0.460. The largest absolute Gasteiger partial charge is 0.344 e. The van der Waals surface area contributed by atoms with Crippen molar-refractivity contribution in [1.29, 1.82) is 0 Å². The van der Waals surface area contributed by atoms with Gasteiger partial charge in [0.15, 0.2) is 0 Å². The Balaban J connectivity index is 1.73. The second-order valence-electron chi connectivity index (χ2n) is 5.35. The topological polar surface area (TPSA) is 51.1 Å². The van der Waals surface area contributed by atoms with Gasteiger partial charge in [-0.2, -0.15) is 0 Å². The van der Waals surface area contributed by atoms with Gasteiger partial charge in [0, 0.05) is 24.3 Å². The molecule has 0 spiro atoms. The number of sulfonamides is 1. The first-order valence-corrected chi connectivity index (χ1v) is 8.76. The average Bonchev–Trinajstić information content (AvgIpc) is 2.84. The van der Waals surface area contributed by atoms with E-state index >= 15 is 0 Å². The van der Waals surface area contributed by atoms with Gasteiger partial charge in [-0.1, -0.05) is 18.2 Å². The number of rotatable bonds is 5. The lowest BCUT2D eigenvalue weighted by molar-refractivity contribution is 0.572. The summed E-state index contributed by atoms with van der Waals surface area (Å²) in [6.07, 6.45) is 0. The summed E-state index contributed by atoms with van der Waals surface area (Å²) in [4.78, 5) is 0.0630. The van der Waals surface area contributed by atoms with Gasteiger partial charge in [0.2, 0.25) is 10.0 Å². The standard InChI is InChI=1S/C17H17FN2O2S/c1-13-12-14-4-2-3-5-17(14)20(13)11-10-19-23(21,22)16-8-6-15(18)7-9-16/h2-9,12,19H,10-11H2,1H3. The molecule has 0 aliphatic carbocycles. The third kappa shape index (κ3) is 3.28. The molecule has 0 fully saturated rings. The molecule has 0 atom stereocenters. The number of fused-ring (bicyclic) bond motifs is 1. The molecule has 0 aliphatic heterocycles. The van der Waals surface area contributed by atoms with Gasteiger partial charge in [-0.05, 0) is 48.7 Å². The van der Waals surface area contributed by atoms with E-state index in [9.17, 15) is 12.8 Å². The minimum absolute atomic E-state index is 0.0630. The Hall–Kier alpha value is -2.18. The maximum absolute atomic E-state index is 12.9. The summed E-state index contributed by atoms with van der Waals surface area (Å²) in [6, 6.07) is 14.8. The molecule has 0 saturated heterocycles. The smallest absolute Gasteiger partial charge is 0.240 e. The Labute approximate surface area is 134 Å². The van der Waals surface area contributed by atoms with Crippen LogP contribution in [0.25, 0.3) is 10.9 Å². The number of nitrogens with one attached hydrogen (secondary N) is 1. The Morgan fingerprint density at radius 1 is 1.09 bits per heavy atom. The molecule has 0 amide bonds. The molecule has 0 saturated carbocycles. The number of nitrogens with zero attached hydrogens (tertiary/aromatic N) is 1. The zero-order valence-electron chi connectivity index (χ0n) is 12.7. The highest BCUT2D eigenvalue weighted by molar-refractivity contribution is 7.89. The highest BCUT2D eigenvalue weighted by Gasteiger charge is 2.13. The molecule has 3 aromatic rings. The maximum atomic E-state index is 12.9. The van der Waals surface area contributed by atoms with Gasteiger partial charge in [-0.15, -0.1) is 0 Å². The molecule has 0 radical (unpaired) electrons. The lowest BCUT2D eigenvalue weighted by Gasteiger charge is -2.10. The number of aromatic nitrogens is 1. The van der Waals surface area contributed by atoms with Crippen molar-refractivity contribution in [2.45, 2.75) is 18.4 Å². The Morgan fingerprint density at radius 2 is 1.78 bits per heavy atom. The second kappa shape index (κ2) is 6.14. The maximum Gasteiger partial charge on any atom is 0.240 e. The zero-order chi connectivity index (χ0) is 16.4. The molecule has 2 aromatic carbocycles. The first kappa shape index (κ1) is 15.7. The number of benzene rings is 2. The summed E-state index contributed by atoms with van der Waals surface area (Å²) in [7, 11) is -3.63. The van der Waals surface area contributed by atoms with Gasteiger partial charge >= 0.3 is 0 Å². The van der Waals surface area contributed by atoms with Crippen LogP contribution >= 0.6 is 0 Å². The van der Waals surface area contributed by atoms with Crippen molar-refractivity contribution in [1.82, 2.24) is 9.29 Å². The van der Waals surface area contributed by atoms with Crippen molar-refractivity contribution >= 4 is 20.9 Å². The third-order valence-corrected chi connectivity index (χ3v) is 5.25. The van der Waals surface area contributed by atoms with Crippen molar-refractivity contribution in [2.24, 2.45) is 0 Å². The van der Waals surface area contributed by atoms with Gasteiger partial charge in [0.1, 0.15) is 5.82 Å². The zero-order valence-corrected chi connectivity index (χ0v) is 13.5. The summed E-state index contributed by atoms with van der Waals surface area (Å²) >= 11 is 0. The van der Waals surface area contributed by atoms with Crippen LogP contribution in [0.2, 0.25) is 0 Å². The summed E-state index contributed by atoms with van der Waals surface area (Å²) in [6.45, 7) is 2.79. The van der Waals surface area contributed by atoms with E-state index in [1.807, 2.05) is 31.2 Å². The number of hydrogen-bond donors (Lipinski definition) is 1. The van der Waals surface area contributed by atoms with Crippen molar-refractivity contribution in [2.75, 3.05) is 6.54 Å². The molecule has 3 rings (SSSR count). The molecule has 0 bridgehead atoms. The Kier molecular flexibility index (Phi) is 4.19. The van der Waals surface area contributed by atoms with Crippen LogP contribution in [0.15, 0.2) is 59.5 Å². The molecule has 1 N–H and O–H groups in total. The predicted molar refractivity (Wildman–Crippen MR) is 88.3 cm³/mol. The summed E-state index contributed by atoms with van der Waals surface area (Å²) in [5, 5.41) is 1.13. The molecule has 1 aromatic heterocycles. The van der Waals surface area contributed by atoms with Gasteiger partial charge in [0.05, 0.1) is 4.90 Å². The Bertz CT molecular complexity index is 931. The highest BCUT2D eigenvalue weighted by Crippen LogP contribution is 2.18. The van der Waals surface area contributed by atoms with Crippen LogP contribution in [-0.2, 0) is 16.6 Å². The quantitative estimate of drug-likeness (QED) is 0.781. The molecule has 23 heavy (non-hydrogen) atoms. The van der Waals surface area contributed by atoms with Gasteiger partial charge in [-0.25, -0.2) is 17.5 Å². The van der Waals surface area contributed by atoms with Gasteiger partial charge in [-0.3, -0.25) is 0 Å². The SMILES string of the molecule is Cc1cc2ccccc2n1CCNS(=O)(=O)c1ccc(F)cc1. The average molecular weight is 332 g/mol. The van der Waals surface area contributed by atoms with Crippen molar-refractivity contribution < 1.29 is 12.8 Å². The first-order valence-electron chi connectivity index (χ1n) is 7.27. The predicted octanol–water partition coefficient (Wildman–Crippen LogP) is 3.07. The van der Waals surface area contributed by atoms with Crippen molar-refractivity contribution in [3.63, 3.8) is 0 Å². The number of hydrogen-bond acceptors (Lipinski definition) is 2. The second-order valence-corrected chi connectivity index (χ2v) is 7.11. The van der Waals surface area contributed by atoms with E-state index < -0.39 is 15.8 Å². The van der Waals surface area contributed by atoms with E-state index in [0.29, 0.717) is 6.54 Å². The minimum Gasteiger partial charge on any atom is -0.344 e. The van der Waals surface area contributed by atoms with Gasteiger partial charge in [0.25, 0.3) is 0 Å². The molecule has 6 heteroatoms. The molecule has 120 valence electrons. The fourth-order valence-corrected chi connectivity index (χ4v) is 3.66. The van der Waals surface area contributed by atoms with Crippen LogP contribution in [0.1, 0.15) is 5.69 Å². The molecule has 0 aliphatic rings. The highest BCUT2D eigenvalue weighted by atomic mass is 32.2. The molecule has 1 heterocycles. The number of aryl methyl sites for hydroxylation is 1. The lowest BCUT2D eigenvalue weighted by atomic mass is 10.2. The van der Waals surface area contributed by atoms with Crippen molar-refractivity contribution in [3.8, 4) is 0 Å². The van der Waals surface area contributed by atoms with E-state index in [0.717, 1.165) is 28.7 Å². The van der Waals surface area contributed by atoms with Crippen LogP contribution < -0.4 is 4.72 Å². The monoisotopic (exact) mass is 332 g/mol. The number of halogens is 1. The molecule has 4 nitrogen and oxygen atoms in total. The third-order valence-electron chi connectivity index (χ3n) is 3.77. The fourth-order valence-electron chi connectivity index (χ4n) is 2.63. The van der Waals surface area contributed by atoms with E-state index in [1.165, 1.54) is 12.1 Å². The molecule has 0 unspecified atom stereocenters. The van der Waals surface area contributed by atoms with E-state index in [4.69, 9.17) is 0 Å².